The second-order valence-corrected chi connectivity index (χ2v) is 7.98. The number of nitrogens with zero attached hydrogens (tertiary/aromatic N) is 5. The van der Waals surface area contributed by atoms with Gasteiger partial charge in [0, 0.05) is 44.1 Å². The van der Waals surface area contributed by atoms with Gasteiger partial charge in [-0.2, -0.15) is 0 Å². The summed E-state index contributed by atoms with van der Waals surface area (Å²) in [4.78, 5) is 18.0. The van der Waals surface area contributed by atoms with Gasteiger partial charge in [0.1, 0.15) is 0 Å². The van der Waals surface area contributed by atoms with Crippen molar-refractivity contribution in [2.45, 2.75) is 13.1 Å². The number of aromatic nitrogens is 3. The topological polar surface area (TPSA) is 80.3 Å². The molecule has 2 aromatic heterocycles. The lowest BCUT2D eigenvalue weighted by atomic mass is 10.2. The number of hydrogen-bond donors (Lipinski definition) is 1. The number of nitrogens with two attached hydrogens (primary N) is 1. The fourth-order valence-electron chi connectivity index (χ4n) is 2.57. The number of amides is 1. The third kappa shape index (κ3) is 4.17. The van der Waals surface area contributed by atoms with Gasteiger partial charge in [-0.3, -0.25) is 14.4 Å². The van der Waals surface area contributed by atoms with Crippen molar-refractivity contribution in [1.82, 2.24) is 24.8 Å². The highest BCUT2D eigenvalue weighted by molar-refractivity contribution is 9.11. The van der Waals surface area contributed by atoms with Gasteiger partial charge in [0.25, 0.3) is 5.91 Å². The van der Waals surface area contributed by atoms with Gasteiger partial charge in [0.15, 0.2) is 5.69 Å². The molecule has 1 amide bonds. The van der Waals surface area contributed by atoms with Crippen molar-refractivity contribution < 1.29 is 4.79 Å². The van der Waals surface area contributed by atoms with Crippen LogP contribution in [0, 0.1) is 0 Å². The Bertz CT molecular complexity index is 664. The monoisotopic (exact) mass is 398 g/mol. The highest BCUT2D eigenvalue weighted by atomic mass is 79.9. The summed E-state index contributed by atoms with van der Waals surface area (Å²) in [5.74, 6) is -0.0493. The molecule has 3 heterocycles. The molecule has 1 aliphatic rings. The van der Waals surface area contributed by atoms with E-state index in [-0.39, 0.29) is 5.91 Å². The first-order chi connectivity index (χ1) is 11.2. The summed E-state index contributed by atoms with van der Waals surface area (Å²) >= 11 is 5.24. The Labute approximate surface area is 147 Å². The summed E-state index contributed by atoms with van der Waals surface area (Å²) in [6.45, 7) is 5.17. The van der Waals surface area contributed by atoms with Crippen LogP contribution >= 0.6 is 27.3 Å². The maximum atomic E-state index is 12.4. The Morgan fingerprint density at radius 3 is 2.74 bits per heavy atom. The minimum absolute atomic E-state index is 0.0493. The molecule has 0 aromatic carbocycles. The lowest BCUT2D eigenvalue weighted by molar-refractivity contribution is 0.0624. The summed E-state index contributed by atoms with van der Waals surface area (Å²) < 4.78 is 2.76. The van der Waals surface area contributed by atoms with E-state index in [4.69, 9.17) is 5.73 Å². The molecule has 124 valence electrons. The Balaban J connectivity index is 1.52. The molecule has 0 unspecified atom stereocenters. The van der Waals surface area contributed by atoms with Gasteiger partial charge in [-0.25, -0.2) is 0 Å². The third-order valence-corrected chi connectivity index (χ3v) is 5.39. The minimum atomic E-state index is -0.0493. The molecular weight excluding hydrogens is 380 g/mol. The molecule has 2 N–H and O–H groups in total. The molecule has 3 rings (SSSR count). The van der Waals surface area contributed by atoms with Gasteiger partial charge in [0.2, 0.25) is 0 Å². The SMILES string of the molecule is NCCn1cc(C(=O)N2CCN(Cc3ccc(Br)s3)CC2)nn1. The quantitative estimate of drug-likeness (QED) is 0.812. The fraction of sp³-hybridized carbons (Fsp3) is 0.500. The number of halogens is 1. The van der Waals surface area contributed by atoms with E-state index >= 15 is 0 Å². The van der Waals surface area contributed by atoms with Crippen LogP contribution in [0.4, 0.5) is 0 Å². The predicted octanol–water partition coefficient (Wildman–Crippen LogP) is 1.02. The van der Waals surface area contributed by atoms with Crippen molar-refractivity contribution in [2.24, 2.45) is 5.73 Å². The standard InChI is InChI=1S/C14H19BrN6OS/c15-13-2-1-11(23-13)9-19-5-7-20(8-6-19)14(22)12-10-21(4-3-16)18-17-12/h1-2,10H,3-9,16H2. The van der Waals surface area contributed by atoms with E-state index in [1.165, 1.54) is 4.88 Å². The molecular formula is C14H19BrN6OS. The van der Waals surface area contributed by atoms with Crippen LogP contribution in [0.3, 0.4) is 0 Å². The summed E-state index contributed by atoms with van der Waals surface area (Å²) in [7, 11) is 0. The average Bonchev–Trinajstić information content (AvgIpc) is 3.17. The maximum absolute atomic E-state index is 12.4. The van der Waals surface area contributed by atoms with E-state index in [9.17, 15) is 4.79 Å². The molecule has 0 atom stereocenters. The maximum Gasteiger partial charge on any atom is 0.276 e. The summed E-state index contributed by atoms with van der Waals surface area (Å²) in [6, 6.07) is 4.21. The second-order valence-electron chi connectivity index (χ2n) is 5.43. The zero-order chi connectivity index (χ0) is 16.2. The molecule has 23 heavy (non-hydrogen) atoms. The number of rotatable bonds is 5. The smallest absolute Gasteiger partial charge is 0.276 e. The molecule has 0 aliphatic carbocycles. The number of carbonyl (C=O) groups excluding carboxylic acids is 1. The normalized spacial score (nSPS) is 16.0. The lowest BCUT2D eigenvalue weighted by Gasteiger charge is -2.34. The van der Waals surface area contributed by atoms with E-state index in [2.05, 4.69) is 43.3 Å². The van der Waals surface area contributed by atoms with Crippen LogP contribution in [-0.4, -0.2) is 63.4 Å². The molecule has 0 saturated carbocycles. The minimum Gasteiger partial charge on any atom is -0.335 e. The highest BCUT2D eigenvalue weighted by Gasteiger charge is 2.24. The van der Waals surface area contributed by atoms with Crippen LogP contribution < -0.4 is 5.73 Å². The average molecular weight is 399 g/mol. The molecule has 0 spiro atoms. The van der Waals surface area contributed by atoms with Crippen LogP contribution in [0.2, 0.25) is 0 Å². The summed E-state index contributed by atoms with van der Waals surface area (Å²) in [5.41, 5.74) is 5.87. The van der Waals surface area contributed by atoms with Crippen LogP contribution in [-0.2, 0) is 13.1 Å². The highest BCUT2D eigenvalue weighted by Crippen LogP contribution is 2.23. The van der Waals surface area contributed by atoms with Gasteiger partial charge in [-0.15, -0.1) is 16.4 Å². The van der Waals surface area contributed by atoms with E-state index in [1.54, 1.807) is 22.2 Å². The number of hydrogen-bond acceptors (Lipinski definition) is 6. The molecule has 9 heteroatoms. The zero-order valence-corrected chi connectivity index (χ0v) is 15.1. The molecule has 0 bridgehead atoms. The van der Waals surface area contributed by atoms with Crippen molar-refractivity contribution in [2.75, 3.05) is 32.7 Å². The number of piperazine rings is 1. The largest absolute Gasteiger partial charge is 0.335 e. The van der Waals surface area contributed by atoms with Crippen molar-refractivity contribution in [3.63, 3.8) is 0 Å². The van der Waals surface area contributed by atoms with E-state index in [0.29, 0.717) is 18.8 Å². The zero-order valence-electron chi connectivity index (χ0n) is 12.7. The first-order valence-corrected chi connectivity index (χ1v) is 9.12. The van der Waals surface area contributed by atoms with Crippen LogP contribution in [0.25, 0.3) is 0 Å². The van der Waals surface area contributed by atoms with E-state index in [1.807, 2.05) is 4.90 Å². The summed E-state index contributed by atoms with van der Waals surface area (Å²) in [6.07, 6.45) is 1.67. The second kappa shape index (κ2) is 7.52. The Morgan fingerprint density at radius 1 is 1.30 bits per heavy atom. The number of carbonyl (C=O) groups is 1. The van der Waals surface area contributed by atoms with Gasteiger partial charge >= 0.3 is 0 Å². The van der Waals surface area contributed by atoms with Crippen molar-refractivity contribution in [1.29, 1.82) is 0 Å². The van der Waals surface area contributed by atoms with Crippen LogP contribution in [0.1, 0.15) is 15.4 Å². The molecule has 7 nitrogen and oxygen atoms in total. The van der Waals surface area contributed by atoms with Crippen molar-refractivity contribution >= 4 is 33.2 Å². The molecule has 1 aliphatic heterocycles. The van der Waals surface area contributed by atoms with E-state index < -0.39 is 0 Å². The van der Waals surface area contributed by atoms with Gasteiger partial charge in [-0.1, -0.05) is 5.21 Å². The fourth-order valence-corrected chi connectivity index (χ4v) is 4.09. The van der Waals surface area contributed by atoms with Crippen molar-refractivity contribution in [3.05, 3.63) is 32.7 Å². The summed E-state index contributed by atoms with van der Waals surface area (Å²) in [5, 5.41) is 7.87. The Hall–Kier alpha value is -1.29. The van der Waals surface area contributed by atoms with Crippen molar-refractivity contribution in [3.8, 4) is 0 Å². The number of thiophene rings is 1. The predicted molar refractivity (Wildman–Crippen MR) is 92.3 cm³/mol. The first-order valence-electron chi connectivity index (χ1n) is 7.52. The van der Waals surface area contributed by atoms with E-state index in [0.717, 1.165) is 36.5 Å². The Kier molecular flexibility index (Phi) is 5.42. The molecule has 1 saturated heterocycles. The molecule has 2 aromatic rings. The molecule has 1 fully saturated rings. The van der Waals surface area contributed by atoms with Crippen LogP contribution in [0.15, 0.2) is 22.1 Å². The van der Waals surface area contributed by atoms with Gasteiger partial charge in [0.05, 0.1) is 16.5 Å². The van der Waals surface area contributed by atoms with Gasteiger partial charge < -0.3 is 10.6 Å². The lowest BCUT2D eigenvalue weighted by Crippen LogP contribution is -2.48. The van der Waals surface area contributed by atoms with Crippen LogP contribution in [0.5, 0.6) is 0 Å². The molecule has 0 radical (unpaired) electrons. The Morgan fingerprint density at radius 2 is 2.09 bits per heavy atom. The third-order valence-electron chi connectivity index (χ3n) is 3.78. The first kappa shape index (κ1) is 16.6. The van der Waals surface area contributed by atoms with Gasteiger partial charge in [-0.05, 0) is 28.1 Å².